The summed E-state index contributed by atoms with van der Waals surface area (Å²) < 4.78 is 13.3. The van der Waals surface area contributed by atoms with Crippen molar-refractivity contribution >= 4 is 39.0 Å². The molecule has 0 spiro atoms. The molecule has 0 aliphatic heterocycles. The molecule has 2 heterocycles. The van der Waals surface area contributed by atoms with Crippen LogP contribution in [0.25, 0.3) is 21.3 Å². The zero-order chi connectivity index (χ0) is 18.8. The van der Waals surface area contributed by atoms with E-state index in [1.807, 2.05) is 17.5 Å². The minimum absolute atomic E-state index is 0.137. The van der Waals surface area contributed by atoms with Gasteiger partial charge in [0.1, 0.15) is 22.8 Å². The molecular weight excluding hydrogens is 363 g/mol. The first kappa shape index (κ1) is 17.1. The molecular formula is C20H15FN4OS. The van der Waals surface area contributed by atoms with Crippen molar-refractivity contribution in [1.82, 2.24) is 15.3 Å². The van der Waals surface area contributed by atoms with Crippen LogP contribution in [-0.4, -0.2) is 22.9 Å². The molecule has 2 N–H and O–H groups in total. The summed E-state index contributed by atoms with van der Waals surface area (Å²) in [7, 11) is 1.60. The molecule has 5 nitrogen and oxygen atoms in total. The van der Waals surface area contributed by atoms with E-state index in [0.717, 1.165) is 27.0 Å². The van der Waals surface area contributed by atoms with Crippen molar-refractivity contribution in [1.29, 1.82) is 0 Å². The molecule has 0 fully saturated rings. The van der Waals surface area contributed by atoms with E-state index in [1.165, 1.54) is 29.8 Å². The Kier molecular flexibility index (Phi) is 4.52. The van der Waals surface area contributed by atoms with Gasteiger partial charge in [0.05, 0.1) is 5.39 Å². The molecule has 0 saturated carbocycles. The van der Waals surface area contributed by atoms with Gasteiger partial charge in [0.15, 0.2) is 0 Å². The number of halogens is 1. The van der Waals surface area contributed by atoms with Crippen molar-refractivity contribution in [2.45, 2.75) is 0 Å². The van der Waals surface area contributed by atoms with Gasteiger partial charge in [-0.1, -0.05) is 12.1 Å². The third-order valence-electron chi connectivity index (χ3n) is 4.16. The van der Waals surface area contributed by atoms with E-state index in [0.29, 0.717) is 11.4 Å². The summed E-state index contributed by atoms with van der Waals surface area (Å²) in [4.78, 5) is 21.2. The summed E-state index contributed by atoms with van der Waals surface area (Å²) in [5.41, 5.74) is 3.23. The van der Waals surface area contributed by atoms with E-state index in [2.05, 4.69) is 20.6 Å². The van der Waals surface area contributed by atoms with Gasteiger partial charge in [0.25, 0.3) is 5.91 Å². The molecule has 2 aromatic heterocycles. The van der Waals surface area contributed by atoms with E-state index in [9.17, 15) is 9.18 Å². The van der Waals surface area contributed by atoms with Crippen LogP contribution in [0.3, 0.4) is 0 Å². The van der Waals surface area contributed by atoms with Crippen LogP contribution in [0, 0.1) is 5.82 Å². The lowest BCUT2D eigenvalue weighted by Crippen LogP contribution is -2.17. The van der Waals surface area contributed by atoms with Gasteiger partial charge in [-0.3, -0.25) is 4.79 Å². The zero-order valence-electron chi connectivity index (χ0n) is 14.4. The fraction of sp³-hybridized carbons (Fsp3) is 0.0500. The molecule has 2 aromatic carbocycles. The van der Waals surface area contributed by atoms with E-state index in [1.54, 1.807) is 31.3 Å². The van der Waals surface area contributed by atoms with Crippen molar-refractivity contribution < 1.29 is 9.18 Å². The van der Waals surface area contributed by atoms with Gasteiger partial charge in [-0.05, 0) is 42.0 Å². The van der Waals surface area contributed by atoms with Gasteiger partial charge in [-0.15, -0.1) is 11.3 Å². The monoisotopic (exact) mass is 378 g/mol. The Labute approximate surface area is 158 Å². The number of hydrogen-bond acceptors (Lipinski definition) is 5. The van der Waals surface area contributed by atoms with Crippen molar-refractivity contribution in [2.24, 2.45) is 0 Å². The third-order valence-corrected chi connectivity index (χ3v) is 5.05. The summed E-state index contributed by atoms with van der Waals surface area (Å²) in [6, 6.07) is 13.5. The van der Waals surface area contributed by atoms with Gasteiger partial charge in [-0.2, -0.15) is 0 Å². The summed E-state index contributed by atoms with van der Waals surface area (Å²) in [6.07, 6.45) is 1.51. The van der Waals surface area contributed by atoms with Gasteiger partial charge >= 0.3 is 0 Å². The van der Waals surface area contributed by atoms with Gasteiger partial charge < -0.3 is 10.6 Å². The number of fused-ring (bicyclic) bond motifs is 1. The highest BCUT2D eigenvalue weighted by Crippen LogP contribution is 2.37. The minimum Gasteiger partial charge on any atom is -0.355 e. The number of carbonyl (C=O) groups is 1. The minimum atomic E-state index is -0.274. The SMILES string of the molecule is CNC(=O)c1ccc(Nc2ncnc3scc(-c4ccc(F)cc4)c23)cc1. The molecule has 134 valence electrons. The normalized spacial score (nSPS) is 10.7. The first-order valence-corrected chi connectivity index (χ1v) is 9.11. The van der Waals surface area contributed by atoms with Crippen LogP contribution in [0.4, 0.5) is 15.9 Å². The number of rotatable bonds is 4. The second kappa shape index (κ2) is 7.13. The van der Waals surface area contributed by atoms with Crippen molar-refractivity contribution in [3.05, 3.63) is 71.6 Å². The molecule has 0 atom stereocenters. The quantitative estimate of drug-likeness (QED) is 0.545. The highest BCUT2D eigenvalue weighted by Gasteiger charge is 2.13. The zero-order valence-corrected chi connectivity index (χ0v) is 15.2. The van der Waals surface area contributed by atoms with Crippen LogP contribution in [0.1, 0.15) is 10.4 Å². The van der Waals surface area contributed by atoms with Crippen LogP contribution in [-0.2, 0) is 0 Å². The molecule has 0 radical (unpaired) electrons. The second-order valence-corrected chi connectivity index (χ2v) is 6.70. The molecule has 7 heteroatoms. The number of carbonyl (C=O) groups excluding carboxylic acids is 1. The topological polar surface area (TPSA) is 66.9 Å². The lowest BCUT2D eigenvalue weighted by atomic mass is 10.1. The summed E-state index contributed by atoms with van der Waals surface area (Å²) in [5.74, 6) is 0.250. The maximum atomic E-state index is 13.3. The highest BCUT2D eigenvalue weighted by molar-refractivity contribution is 7.17. The number of nitrogens with zero attached hydrogens (tertiary/aromatic N) is 2. The molecule has 0 unspecified atom stereocenters. The van der Waals surface area contributed by atoms with Crippen molar-refractivity contribution in [2.75, 3.05) is 12.4 Å². The standard InChI is InChI=1S/C20H15FN4OS/c1-22-19(26)13-4-8-15(9-5-13)25-18-17-16(10-27-20(17)24-11-23-18)12-2-6-14(21)7-3-12/h2-11H,1H3,(H,22,26)(H,23,24,25). The Morgan fingerprint density at radius 1 is 1.04 bits per heavy atom. The van der Waals surface area contributed by atoms with Crippen LogP contribution in [0.5, 0.6) is 0 Å². The molecule has 4 aromatic rings. The first-order valence-electron chi connectivity index (χ1n) is 8.23. The van der Waals surface area contributed by atoms with E-state index < -0.39 is 0 Å². The predicted octanol–water partition coefficient (Wildman–Crippen LogP) is 4.60. The largest absolute Gasteiger partial charge is 0.355 e. The third kappa shape index (κ3) is 3.37. The number of amides is 1. The molecule has 0 aliphatic rings. The predicted molar refractivity (Wildman–Crippen MR) is 106 cm³/mol. The van der Waals surface area contributed by atoms with Gasteiger partial charge in [-0.25, -0.2) is 14.4 Å². The molecule has 27 heavy (non-hydrogen) atoms. The molecule has 0 saturated heterocycles. The van der Waals surface area contributed by atoms with Crippen LogP contribution >= 0.6 is 11.3 Å². The summed E-state index contributed by atoms with van der Waals surface area (Å²) in [6.45, 7) is 0. The van der Waals surface area contributed by atoms with E-state index in [-0.39, 0.29) is 11.7 Å². The van der Waals surface area contributed by atoms with Crippen molar-refractivity contribution in [3.63, 3.8) is 0 Å². The fourth-order valence-electron chi connectivity index (χ4n) is 2.80. The number of hydrogen-bond donors (Lipinski definition) is 2. The Balaban J connectivity index is 1.73. The van der Waals surface area contributed by atoms with Crippen LogP contribution < -0.4 is 10.6 Å². The molecule has 0 bridgehead atoms. The number of anilines is 2. The lowest BCUT2D eigenvalue weighted by molar-refractivity contribution is 0.0963. The van der Waals surface area contributed by atoms with Gasteiger partial charge in [0.2, 0.25) is 0 Å². The summed E-state index contributed by atoms with van der Waals surface area (Å²) in [5, 5.41) is 8.76. The smallest absolute Gasteiger partial charge is 0.251 e. The summed E-state index contributed by atoms with van der Waals surface area (Å²) >= 11 is 1.51. The Morgan fingerprint density at radius 2 is 1.78 bits per heavy atom. The van der Waals surface area contributed by atoms with Crippen molar-refractivity contribution in [3.8, 4) is 11.1 Å². The van der Waals surface area contributed by atoms with Crippen LogP contribution in [0.2, 0.25) is 0 Å². The van der Waals surface area contributed by atoms with E-state index in [4.69, 9.17) is 0 Å². The first-order chi connectivity index (χ1) is 13.2. The molecule has 0 aliphatic carbocycles. The average Bonchev–Trinajstić information content (AvgIpc) is 3.14. The van der Waals surface area contributed by atoms with Gasteiger partial charge in [0, 0.05) is 29.2 Å². The maximum Gasteiger partial charge on any atom is 0.251 e. The molecule has 1 amide bonds. The Morgan fingerprint density at radius 3 is 2.48 bits per heavy atom. The number of benzene rings is 2. The average molecular weight is 378 g/mol. The second-order valence-electron chi connectivity index (χ2n) is 5.84. The molecule has 4 rings (SSSR count). The Hall–Kier alpha value is -3.32. The highest BCUT2D eigenvalue weighted by atomic mass is 32.1. The number of aromatic nitrogens is 2. The fourth-order valence-corrected chi connectivity index (χ4v) is 3.71. The van der Waals surface area contributed by atoms with E-state index >= 15 is 0 Å². The lowest BCUT2D eigenvalue weighted by Gasteiger charge is -2.09. The number of nitrogens with one attached hydrogen (secondary N) is 2. The maximum absolute atomic E-state index is 13.3. The van der Waals surface area contributed by atoms with Crippen LogP contribution in [0.15, 0.2) is 60.2 Å². The Bertz CT molecular complexity index is 1110. The number of thiophene rings is 1.